The Hall–Kier alpha value is -2.36. The zero-order chi connectivity index (χ0) is 23.8. The molecule has 6 nitrogen and oxygen atoms in total. The number of nitrogens with one attached hydrogen (secondary N) is 1. The molecule has 0 bridgehead atoms. The predicted octanol–water partition coefficient (Wildman–Crippen LogP) is 3.51. The van der Waals surface area contributed by atoms with Crippen LogP contribution in [0.4, 0.5) is 8.78 Å². The Labute approximate surface area is 193 Å². The first-order valence-corrected chi connectivity index (χ1v) is 12.6. The van der Waals surface area contributed by atoms with E-state index in [9.17, 15) is 22.0 Å². The van der Waals surface area contributed by atoms with Gasteiger partial charge in [0.2, 0.25) is 5.91 Å². The van der Waals surface area contributed by atoms with Gasteiger partial charge in [0, 0.05) is 39.1 Å². The van der Waals surface area contributed by atoms with Gasteiger partial charge in [-0.3, -0.25) is 4.79 Å². The van der Waals surface area contributed by atoms with E-state index in [0.717, 1.165) is 22.7 Å². The van der Waals surface area contributed by atoms with Gasteiger partial charge < -0.3 is 4.90 Å². The van der Waals surface area contributed by atoms with Crippen molar-refractivity contribution in [1.82, 2.24) is 13.9 Å². The predicted molar refractivity (Wildman–Crippen MR) is 123 cm³/mol. The molecule has 1 heterocycles. The standard InChI is InChI=1S/C24H29F2N3O3S/c1-28(2)33(31,32)27-16-8-5-6-13-29(15-16)24(30)20-14-19(20)17-9-3-4-10-18(17)23-21(25)11-7-12-22(23)26/h3-4,7,9-12,16,19-20,27H,5-6,8,13-15H2,1-2H3/t16-,19-,20+/m0/s1. The smallest absolute Gasteiger partial charge is 0.279 e. The van der Waals surface area contributed by atoms with Crippen LogP contribution in [0.3, 0.4) is 0 Å². The number of likely N-dealkylation sites (tertiary alicyclic amines) is 1. The first-order chi connectivity index (χ1) is 15.7. The highest BCUT2D eigenvalue weighted by molar-refractivity contribution is 7.87. The topological polar surface area (TPSA) is 69.7 Å². The Balaban J connectivity index is 1.51. The molecule has 9 heteroatoms. The van der Waals surface area contributed by atoms with E-state index in [1.165, 1.54) is 32.3 Å². The van der Waals surface area contributed by atoms with E-state index in [1.54, 1.807) is 17.0 Å². The van der Waals surface area contributed by atoms with Crippen LogP contribution in [0.5, 0.6) is 0 Å². The molecule has 1 aliphatic carbocycles. The highest BCUT2D eigenvalue weighted by atomic mass is 32.2. The zero-order valence-electron chi connectivity index (χ0n) is 18.8. The van der Waals surface area contributed by atoms with Crippen molar-refractivity contribution < 1.29 is 22.0 Å². The molecular weight excluding hydrogens is 448 g/mol. The quantitative estimate of drug-likeness (QED) is 0.692. The van der Waals surface area contributed by atoms with E-state index in [-0.39, 0.29) is 29.3 Å². The van der Waals surface area contributed by atoms with E-state index >= 15 is 0 Å². The van der Waals surface area contributed by atoms with Crippen molar-refractivity contribution in [2.24, 2.45) is 5.92 Å². The van der Waals surface area contributed by atoms with Gasteiger partial charge in [0.15, 0.2) is 0 Å². The molecule has 3 atom stereocenters. The van der Waals surface area contributed by atoms with Gasteiger partial charge in [-0.05, 0) is 48.4 Å². The summed E-state index contributed by atoms with van der Waals surface area (Å²) in [4.78, 5) is 15.1. The largest absolute Gasteiger partial charge is 0.341 e. The Bertz CT molecular complexity index is 1120. The molecule has 0 aromatic heterocycles. The molecule has 1 N–H and O–H groups in total. The zero-order valence-corrected chi connectivity index (χ0v) is 19.6. The first-order valence-electron chi connectivity index (χ1n) is 11.2. The number of rotatable bonds is 6. The van der Waals surface area contributed by atoms with Gasteiger partial charge in [-0.1, -0.05) is 36.8 Å². The van der Waals surface area contributed by atoms with E-state index in [0.29, 0.717) is 31.5 Å². The van der Waals surface area contributed by atoms with Crippen LogP contribution in [-0.4, -0.2) is 56.8 Å². The lowest BCUT2D eigenvalue weighted by molar-refractivity contribution is -0.132. The van der Waals surface area contributed by atoms with Gasteiger partial charge >= 0.3 is 0 Å². The van der Waals surface area contributed by atoms with Crippen molar-refractivity contribution in [2.45, 2.75) is 37.6 Å². The lowest BCUT2D eigenvalue weighted by Gasteiger charge is -2.26. The molecule has 2 fully saturated rings. The first kappa shape index (κ1) is 23.8. The van der Waals surface area contributed by atoms with Gasteiger partial charge in [-0.2, -0.15) is 17.4 Å². The number of hydrogen-bond donors (Lipinski definition) is 1. The number of hydrogen-bond acceptors (Lipinski definition) is 3. The summed E-state index contributed by atoms with van der Waals surface area (Å²) >= 11 is 0. The van der Waals surface area contributed by atoms with Crippen LogP contribution >= 0.6 is 0 Å². The SMILES string of the molecule is CN(C)S(=O)(=O)N[C@H]1CCCCN(C(=O)[C@@H]2C[C@H]2c2ccccc2-c2c(F)cccc2F)C1. The summed E-state index contributed by atoms with van der Waals surface area (Å²) in [6, 6.07) is 10.5. The Kier molecular flexibility index (Phi) is 6.83. The van der Waals surface area contributed by atoms with Crippen molar-refractivity contribution in [3.63, 3.8) is 0 Å². The summed E-state index contributed by atoms with van der Waals surface area (Å²) in [6.45, 7) is 0.893. The molecular formula is C24H29F2N3O3S. The second kappa shape index (κ2) is 9.48. The maximum atomic E-state index is 14.5. The van der Waals surface area contributed by atoms with Crippen LogP contribution in [0.15, 0.2) is 42.5 Å². The molecule has 1 saturated carbocycles. The number of halogens is 2. The van der Waals surface area contributed by atoms with Crippen LogP contribution < -0.4 is 4.72 Å². The minimum atomic E-state index is -3.59. The fraction of sp³-hybridized carbons (Fsp3) is 0.458. The number of benzene rings is 2. The molecule has 2 aromatic rings. The second-order valence-corrected chi connectivity index (χ2v) is 10.9. The van der Waals surface area contributed by atoms with Gasteiger partial charge in [-0.15, -0.1) is 0 Å². The minimum absolute atomic E-state index is 0.0280. The van der Waals surface area contributed by atoms with Crippen LogP contribution in [0.25, 0.3) is 11.1 Å². The summed E-state index contributed by atoms with van der Waals surface area (Å²) in [6.07, 6.45) is 2.91. The molecule has 0 radical (unpaired) electrons. The average Bonchev–Trinajstić information content (AvgIpc) is 3.57. The summed E-state index contributed by atoms with van der Waals surface area (Å²) in [5, 5.41) is 0. The van der Waals surface area contributed by atoms with Gasteiger partial charge in [0.25, 0.3) is 10.2 Å². The van der Waals surface area contributed by atoms with Gasteiger partial charge in [-0.25, -0.2) is 8.78 Å². The minimum Gasteiger partial charge on any atom is -0.341 e. The highest BCUT2D eigenvalue weighted by Gasteiger charge is 2.47. The Morgan fingerprint density at radius 1 is 1.06 bits per heavy atom. The van der Waals surface area contributed by atoms with E-state index < -0.39 is 21.8 Å². The molecule has 1 saturated heterocycles. The van der Waals surface area contributed by atoms with Gasteiger partial charge in [0.05, 0.1) is 5.56 Å². The van der Waals surface area contributed by atoms with Gasteiger partial charge in [0.1, 0.15) is 11.6 Å². The molecule has 4 rings (SSSR count). The van der Waals surface area contributed by atoms with Crippen molar-refractivity contribution >= 4 is 16.1 Å². The van der Waals surface area contributed by atoms with E-state index in [2.05, 4.69) is 4.72 Å². The number of nitrogens with zero attached hydrogens (tertiary/aromatic N) is 2. The molecule has 0 spiro atoms. The van der Waals surface area contributed by atoms with Crippen molar-refractivity contribution in [1.29, 1.82) is 0 Å². The lowest BCUT2D eigenvalue weighted by Crippen LogP contribution is -2.48. The Morgan fingerprint density at radius 2 is 1.76 bits per heavy atom. The normalized spacial score (nSPS) is 23.4. The van der Waals surface area contributed by atoms with Crippen LogP contribution in [0, 0.1) is 17.6 Å². The monoisotopic (exact) mass is 477 g/mol. The number of amides is 1. The maximum absolute atomic E-state index is 14.5. The lowest BCUT2D eigenvalue weighted by atomic mass is 9.95. The molecule has 1 amide bonds. The summed E-state index contributed by atoms with van der Waals surface area (Å²) in [5.74, 6) is -1.68. The highest BCUT2D eigenvalue weighted by Crippen LogP contribution is 2.51. The molecule has 1 aliphatic heterocycles. The third-order valence-corrected chi connectivity index (χ3v) is 8.07. The van der Waals surface area contributed by atoms with E-state index in [1.807, 2.05) is 12.1 Å². The number of carbonyl (C=O) groups is 1. The van der Waals surface area contributed by atoms with Crippen molar-refractivity contribution in [2.75, 3.05) is 27.2 Å². The van der Waals surface area contributed by atoms with Crippen LogP contribution in [0.2, 0.25) is 0 Å². The Morgan fingerprint density at radius 3 is 2.45 bits per heavy atom. The molecule has 2 aromatic carbocycles. The fourth-order valence-corrected chi connectivity index (χ4v) is 5.43. The summed E-state index contributed by atoms with van der Waals surface area (Å²) < 4.78 is 57.2. The van der Waals surface area contributed by atoms with Crippen LogP contribution in [-0.2, 0) is 15.0 Å². The molecule has 0 unspecified atom stereocenters. The second-order valence-electron chi connectivity index (χ2n) is 9.01. The average molecular weight is 478 g/mol. The van der Waals surface area contributed by atoms with E-state index in [4.69, 9.17) is 0 Å². The van der Waals surface area contributed by atoms with Crippen LogP contribution in [0.1, 0.15) is 37.2 Å². The maximum Gasteiger partial charge on any atom is 0.279 e. The van der Waals surface area contributed by atoms with Crippen molar-refractivity contribution in [3.8, 4) is 11.1 Å². The third kappa shape index (κ3) is 5.10. The fourth-order valence-electron chi connectivity index (χ4n) is 4.60. The molecule has 178 valence electrons. The summed E-state index contributed by atoms with van der Waals surface area (Å²) in [5.41, 5.74) is 1.17. The third-order valence-electron chi connectivity index (χ3n) is 6.48. The summed E-state index contributed by atoms with van der Waals surface area (Å²) in [7, 11) is -0.662. The van der Waals surface area contributed by atoms with Crippen molar-refractivity contribution in [3.05, 3.63) is 59.7 Å². The number of carbonyl (C=O) groups excluding carboxylic acids is 1. The molecule has 33 heavy (non-hydrogen) atoms. The molecule has 2 aliphatic rings.